The van der Waals surface area contributed by atoms with E-state index in [0.717, 1.165) is 6.42 Å². The minimum atomic E-state index is -1.28. The van der Waals surface area contributed by atoms with E-state index in [2.05, 4.69) is 5.32 Å². The average molecular weight is 157 g/mol. The van der Waals surface area contributed by atoms with Crippen molar-refractivity contribution in [3.8, 4) is 0 Å². The van der Waals surface area contributed by atoms with Crippen LogP contribution in [0.5, 0.6) is 0 Å². The summed E-state index contributed by atoms with van der Waals surface area (Å²) in [6.45, 7) is 1.93. The van der Waals surface area contributed by atoms with Crippen molar-refractivity contribution in [2.45, 2.75) is 25.3 Å². The lowest BCUT2D eigenvalue weighted by Crippen LogP contribution is -2.53. The lowest BCUT2D eigenvalue weighted by atomic mass is 9.93. The summed E-state index contributed by atoms with van der Waals surface area (Å²) in [6.07, 6.45) is 1.17. The summed E-state index contributed by atoms with van der Waals surface area (Å²) in [5.74, 6) is -1.36. The predicted molar refractivity (Wildman–Crippen MR) is 38.3 cm³/mol. The molecule has 0 aliphatic carbocycles. The Bertz CT molecular complexity index is 178. The first kappa shape index (κ1) is 8.20. The number of carbonyl (C=O) groups excluding carboxylic acids is 1. The summed E-state index contributed by atoms with van der Waals surface area (Å²) in [5, 5.41) is 11.5. The Morgan fingerprint density at radius 2 is 2.18 bits per heavy atom. The van der Waals surface area contributed by atoms with Gasteiger partial charge in [-0.25, -0.2) is 4.79 Å². The highest BCUT2D eigenvalue weighted by Crippen LogP contribution is 2.20. The van der Waals surface area contributed by atoms with Crippen LogP contribution in [0.15, 0.2) is 0 Å². The number of carboxylic acid groups (broad SMARTS) is 1. The van der Waals surface area contributed by atoms with E-state index in [1.807, 2.05) is 0 Å². The van der Waals surface area contributed by atoms with Crippen molar-refractivity contribution in [2.24, 2.45) is 0 Å². The van der Waals surface area contributed by atoms with Crippen molar-refractivity contribution in [1.82, 2.24) is 5.32 Å². The second-order valence-electron chi connectivity index (χ2n) is 2.80. The molecule has 1 aliphatic heterocycles. The van der Waals surface area contributed by atoms with Crippen LogP contribution in [0.4, 0.5) is 0 Å². The molecule has 0 saturated carbocycles. The molecule has 0 aromatic carbocycles. The van der Waals surface area contributed by atoms with Gasteiger partial charge in [0.25, 0.3) is 0 Å². The Balaban J connectivity index is 2.87. The normalized spacial score (nSPS) is 30.3. The van der Waals surface area contributed by atoms with Crippen molar-refractivity contribution in [3.05, 3.63) is 0 Å². The molecule has 1 saturated heterocycles. The molecule has 1 heterocycles. The molecule has 1 rings (SSSR count). The summed E-state index contributed by atoms with van der Waals surface area (Å²) < 4.78 is 0. The van der Waals surface area contributed by atoms with Gasteiger partial charge in [0.05, 0.1) is 0 Å². The molecule has 2 N–H and O–H groups in total. The Morgan fingerprint density at radius 3 is 2.36 bits per heavy atom. The van der Waals surface area contributed by atoms with Crippen LogP contribution in [-0.2, 0) is 9.59 Å². The second kappa shape index (κ2) is 2.62. The molecule has 0 bridgehead atoms. The van der Waals surface area contributed by atoms with Crippen LogP contribution in [0.1, 0.15) is 19.8 Å². The Hall–Kier alpha value is -0.900. The van der Waals surface area contributed by atoms with E-state index in [0.29, 0.717) is 13.0 Å². The van der Waals surface area contributed by atoms with E-state index in [4.69, 9.17) is 5.11 Å². The molecule has 0 unspecified atom stereocenters. The SMILES string of the molecule is CC(=O)[C@@]1(C(=O)O)CCCN1. The summed E-state index contributed by atoms with van der Waals surface area (Å²) >= 11 is 0. The quantitative estimate of drug-likeness (QED) is 0.544. The first-order valence-electron chi connectivity index (χ1n) is 3.59. The fraction of sp³-hybridized carbons (Fsp3) is 0.714. The number of rotatable bonds is 2. The molecule has 1 atom stereocenters. The Morgan fingerprint density at radius 1 is 1.55 bits per heavy atom. The molecule has 11 heavy (non-hydrogen) atoms. The smallest absolute Gasteiger partial charge is 0.331 e. The number of Topliss-reactive ketones (excluding diaryl/α,β-unsaturated/α-hetero) is 1. The second-order valence-corrected chi connectivity index (χ2v) is 2.80. The van der Waals surface area contributed by atoms with Crippen molar-refractivity contribution < 1.29 is 14.7 Å². The first-order chi connectivity index (χ1) is 5.09. The zero-order valence-corrected chi connectivity index (χ0v) is 6.39. The molecule has 0 spiro atoms. The number of nitrogens with one attached hydrogen (secondary N) is 1. The van der Waals surface area contributed by atoms with Crippen molar-refractivity contribution in [2.75, 3.05) is 6.54 Å². The number of hydrogen-bond acceptors (Lipinski definition) is 3. The van der Waals surface area contributed by atoms with Gasteiger partial charge in [-0.3, -0.25) is 10.1 Å². The number of hydrogen-bond donors (Lipinski definition) is 2. The Kier molecular flexibility index (Phi) is 1.95. The van der Waals surface area contributed by atoms with Gasteiger partial charge in [0, 0.05) is 0 Å². The minimum absolute atomic E-state index is 0.303. The highest BCUT2D eigenvalue weighted by atomic mass is 16.4. The van der Waals surface area contributed by atoms with Gasteiger partial charge in [0.2, 0.25) is 0 Å². The minimum Gasteiger partial charge on any atom is -0.480 e. The molecule has 1 fully saturated rings. The Labute approximate surface area is 64.6 Å². The molecule has 4 heteroatoms. The summed E-state index contributed by atoms with van der Waals surface area (Å²) in [6, 6.07) is 0. The number of ketones is 1. The van der Waals surface area contributed by atoms with Gasteiger partial charge in [0.1, 0.15) is 0 Å². The molecule has 0 radical (unpaired) electrons. The van der Waals surface area contributed by atoms with Crippen LogP contribution in [0.3, 0.4) is 0 Å². The van der Waals surface area contributed by atoms with Gasteiger partial charge < -0.3 is 5.11 Å². The van der Waals surface area contributed by atoms with Crippen LogP contribution in [-0.4, -0.2) is 28.9 Å². The third kappa shape index (κ3) is 1.14. The van der Waals surface area contributed by atoms with Gasteiger partial charge in [-0.05, 0) is 26.3 Å². The predicted octanol–water partition coefficient (Wildman–Crippen LogP) is -0.218. The molecule has 0 aromatic rings. The van der Waals surface area contributed by atoms with Crippen LogP contribution >= 0.6 is 0 Å². The van der Waals surface area contributed by atoms with E-state index < -0.39 is 11.5 Å². The molecular weight excluding hydrogens is 146 g/mol. The molecule has 1 aliphatic rings. The first-order valence-corrected chi connectivity index (χ1v) is 3.59. The average Bonchev–Trinajstić information content (AvgIpc) is 2.34. The molecule has 62 valence electrons. The van der Waals surface area contributed by atoms with Gasteiger partial charge >= 0.3 is 5.97 Å². The van der Waals surface area contributed by atoms with E-state index in [1.165, 1.54) is 6.92 Å². The molecule has 0 aromatic heterocycles. The maximum Gasteiger partial charge on any atom is 0.331 e. The van der Waals surface area contributed by atoms with Gasteiger partial charge in [-0.1, -0.05) is 0 Å². The van der Waals surface area contributed by atoms with Crippen LogP contribution in [0, 0.1) is 0 Å². The largest absolute Gasteiger partial charge is 0.480 e. The number of carbonyl (C=O) groups is 2. The zero-order chi connectivity index (χ0) is 8.48. The maximum atomic E-state index is 11.0. The topological polar surface area (TPSA) is 66.4 Å². The van der Waals surface area contributed by atoms with Gasteiger partial charge in [0.15, 0.2) is 11.3 Å². The lowest BCUT2D eigenvalue weighted by molar-refractivity contribution is -0.148. The molecule has 4 nitrogen and oxygen atoms in total. The molecule has 0 amide bonds. The van der Waals surface area contributed by atoms with Crippen LogP contribution in [0.25, 0.3) is 0 Å². The van der Waals surface area contributed by atoms with E-state index in [9.17, 15) is 9.59 Å². The fourth-order valence-electron chi connectivity index (χ4n) is 1.38. The van der Waals surface area contributed by atoms with E-state index >= 15 is 0 Å². The summed E-state index contributed by atoms with van der Waals surface area (Å²) in [7, 11) is 0. The molecular formula is C7H11NO3. The summed E-state index contributed by atoms with van der Waals surface area (Å²) in [5.41, 5.74) is -1.28. The third-order valence-electron chi connectivity index (χ3n) is 2.12. The highest BCUT2D eigenvalue weighted by Gasteiger charge is 2.45. The number of aliphatic carboxylic acids is 1. The van der Waals surface area contributed by atoms with E-state index in [-0.39, 0.29) is 5.78 Å². The maximum absolute atomic E-state index is 11.0. The standard InChI is InChI=1S/C7H11NO3/c1-5(9)7(6(10)11)3-2-4-8-7/h8H,2-4H2,1H3,(H,10,11)/t7-/m1/s1. The van der Waals surface area contributed by atoms with Crippen LogP contribution < -0.4 is 5.32 Å². The number of carboxylic acids is 1. The van der Waals surface area contributed by atoms with Crippen molar-refractivity contribution >= 4 is 11.8 Å². The van der Waals surface area contributed by atoms with Gasteiger partial charge in [-0.2, -0.15) is 0 Å². The van der Waals surface area contributed by atoms with Crippen molar-refractivity contribution in [1.29, 1.82) is 0 Å². The van der Waals surface area contributed by atoms with Crippen molar-refractivity contribution in [3.63, 3.8) is 0 Å². The van der Waals surface area contributed by atoms with Gasteiger partial charge in [-0.15, -0.1) is 0 Å². The van der Waals surface area contributed by atoms with Crippen LogP contribution in [0.2, 0.25) is 0 Å². The third-order valence-corrected chi connectivity index (χ3v) is 2.12. The fourth-order valence-corrected chi connectivity index (χ4v) is 1.38. The highest BCUT2D eigenvalue weighted by molar-refractivity contribution is 6.06. The zero-order valence-electron chi connectivity index (χ0n) is 6.39. The van der Waals surface area contributed by atoms with E-state index in [1.54, 1.807) is 0 Å². The lowest BCUT2D eigenvalue weighted by Gasteiger charge is -2.20. The monoisotopic (exact) mass is 157 g/mol. The summed E-state index contributed by atoms with van der Waals surface area (Å²) in [4.78, 5) is 21.6.